The topological polar surface area (TPSA) is 41.2 Å². The number of ketones is 1. The summed E-state index contributed by atoms with van der Waals surface area (Å²) in [4.78, 5) is 12.9. The van der Waals surface area contributed by atoms with Gasteiger partial charge in [-0.05, 0) is 30.3 Å². The smallest absolute Gasteiger partial charge is 0.218 e. The van der Waals surface area contributed by atoms with Crippen molar-refractivity contribution in [3.8, 4) is 22.7 Å². The number of aromatic nitrogens is 1. The molecule has 4 rings (SSSR count). The zero-order valence-electron chi connectivity index (χ0n) is 14.6. The van der Waals surface area contributed by atoms with E-state index in [1.54, 1.807) is 12.1 Å². The lowest BCUT2D eigenvalue weighted by atomic mass is 10.0. The van der Waals surface area contributed by atoms with Gasteiger partial charge in [-0.2, -0.15) is 4.57 Å². The number of phenolic OH excluding ortho intramolecular Hbond substituents is 1. The van der Waals surface area contributed by atoms with Gasteiger partial charge in [0.2, 0.25) is 11.4 Å². The number of phenols is 1. The molecule has 130 valence electrons. The summed E-state index contributed by atoms with van der Waals surface area (Å²) < 4.78 is 1.98. The Labute approximate surface area is 157 Å². The monoisotopic (exact) mass is 352 g/mol. The Morgan fingerprint density at radius 3 is 1.96 bits per heavy atom. The molecule has 4 aromatic rings. The summed E-state index contributed by atoms with van der Waals surface area (Å²) in [5, 5.41) is 9.62. The van der Waals surface area contributed by atoms with E-state index in [1.165, 1.54) is 0 Å². The third-order valence-corrected chi connectivity index (χ3v) is 4.44. The molecule has 3 nitrogen and oxygen atoms in total. The molecule has 27 heavy (non-hydrogen) atoms. The van der Waals surface area contributed by atoms with Crippen molar-refractivity contribution in [2.24, 2.45) is 0 Å². The lowest BCUT2D eigenvalue weighted by molar-refractivity contribution is -0.584. The van der Waals surface area contributed by atoms with E-state index in [4.69, 9.17) is 0 Å². The van der Waals surface area contributed by atoms with Gasteiger partial charge in [0.15, 0.2) is 12.0 Å². The molecule has 0 fully saturated rings. The SMILES string of the molecule is O=C(c1ccccc1)c1ccc(-c2ccccc2)[n+](-c2ccc(O)cc2)c1. The van der Waals surface area contributed by atoms with Crippen LogP contribution in [-0.2, 0) is 0 Å². The van der Waals surface area contributed by atoms with Gasteiger partial charge < -0.3 is 5.11 Å². The quantitative estimate of drug-likeness (QED) is 0.432. The van der Waals surface area contributed by atoms with E-state index in [9.17, 15) is 9.90 Å². The number of hydrogen-bond donors (Lipinski definition) is 1. The Morgan fingerprint density at radius 2 is 1.30 bits per heavy atom. The van der Waals surface area contributed by atoms with E-state index in [2.05, 4.69) is 0 Å². The molecule has 0 saturated heterocycles. The lowest BCUT2D eigenvalue weighted by Crippen LogP contribution is -2.34. The van der Waals surface area contributed by atoms with Crippen molar-refractivity contribution in [2.75, 3.05) is 0 Å². The van der Waals surface area contributed by atoms with Gasteiger partial charge in [-0.15, -0.1) is 0 Å². The minimum Gasteiger partial charge on any atom is -0.508 e. The summed E-state index contributed by atoms with van der Waals surface area (Å²) in [7, 11) is 0. The van der Waals surface area contributed by atoms with E-state index in [0.29, 0.717) is 11.1 Å². The number of rotatable bonds is 4. The average Bonchev–Trinajstić information content (AvgIpc) is 2.74. The van der Waals surface area contributed by atoms with E-state index in [1.807, 2.05) is 95.7 Å². The minimum absolute atomic E-state index is 0.0252. The number of nitrogens with zero attached hydrogens (tertiary/aromatic N) is 1. The molecular weight excluding hydrogens is 334 g/mol. The van der Waals surface area contributed by atoms with Crippen LogP contribution < -0.4 is 4.57 Å². The normalized spacial score (nSPS) is 10.5. The van der Waals surface area contributed by atoms with Crippen LogP contribution >= 0.6 is 0 Å². The highest BCUT2D eigenvalue weighted by molar-refractivity contribution is 6.08. The fraction of sp³-hybridized carbons (Fsp3) is 0. The molecule has 3 aromatic carbocycles. The molecular formula is C24H18NO2+. The summed E-state index contributed by atoms with van der Waals surface area (Å²) in [5.74, 6) is 0.180. The van der Waals surface area contributed by atoms with Gasteiger partial charge in [0, 0.05) is 29.3 Å². The second kappa shape index (κ2) is 7.26. The average molecular weight is 352 g/mol. The van der Waals surface area contributed by atoms with Crippen LogP contribution in [0, 0.1) is 0 Å². The van der Waals surface area contributed by atoms with Crippen molar-refractivity contribution in [1.82, 2.24) is 0 Å². The van der Waals surface area contributed by atoms with E-state index in [0.717, 1.165) is 16.9 Å². The lowest BCUT2D eigenvalue weighted by Gasteiger charge is -2.07. The molecule has 0 atom stereocenters. The molecule has 0 aliphatic heterocycles. The van der Waals surface area contributed by atoms with Gasteiger partial charge in [-0.3, -0.25) is 4.79 Å². The zero-order chi connectivity index (χ0) is 18.6. The maximum absolute atomic E-state index is 12.9. The molecule has 0 saturated carbocycles. The number of benzene rings is 3. The number of carbonyl (C=O) groups is 1. The molecule has 1 heterocycles. The fourth-order valence-electron chi connectivity index (χ4n) is 3.06. The van der Waals surface area contributed by atoms with Crippen LogP contribution in [-0.4, -0.2) is 10.9 Å². The molecule has 0 amide bonds. The van der Waals surface area contributed by atoms with Crippen LogP contribution in [0.5, 0.6) is 5.75 Å². The molecule has 3 heteroatoms. The van der Waals surface area contributed by atoms with Crippen molar-refractivity contribution < 1.29 is 14.5 Å². The summed E-state index contributed by atoms with van der Waals surface area (Å²) in [5.41, 5.74) is 4.14. The molecule has 0 spiro atoms. The Morgan fingerprint density at radius 1 is 0.667 bits per heavy atom. The second-order valence-corrected chi connectivity index (χ2v) is 6.25. The number of pyridine rings is 1. The standard InChI is InChI=1S/C24H17NO2/c26-22-14-12-21(13-15-22)25-17-20(24(27)19-9-5-2-6-10-19)11-16-23(25)18-7-3-1-4-8-18/h1-17H/p+1. The van der Waals surface area contributed by atoms with Crippen molar-refractivity contribution in [2.45, 2.75) is 0 Å². The van der Waals surface area contributed by atoms with Gasteiger partial charge in [0.05, 0.1) is 5.56 Å². The van der Waals surface area contributed by atoms with Crippen LogP contribution in [0.3, 0.4) is 0 Å². The summed E-state index contributed by atoms with van der Waals surface area (Å²) >= 11 is 0. The first-order valence-corrected chi connectivity index (χ1v) is 8.73. The predicted molar refractivity (Wildman–Crippen MR) is 105 cm³/mol. The van der Waals surface area contributed by atoms with Crippen molar-refractivity contribution in [3.63, 3.8) is 0 Å². The van der Waals surface area contributed by atoms with E-state index in [-0.39, 0.29) is 11.5 Å². The Hall–Kier alpha value is -3.72. The molecule has 0 unspecified atom stereocenters. The molecule has 0 aliphatic carbocycles. The maximum atomic E-state index is 12.9. The van der Waals surface area contributed by atoms with Gasteiger partial charge in [0.25, 0.3) is 0 Å². The highest BCUT2D eigenvalue weighted by Gasteiger charge is 2.20. The highest BCUT2D eigenvalue weighted by atomic mass is 16.3. The van der Waals surface area contributed by atoms with Crippen molar-refractivity contribution in [1.29, 1.82) is 0 Å². The van der Waals surface area contributed by atoms with Gasteiger partial charge in [0.1, 0.15) is 5.75 Å². The van der Waals surface area contributed by atoms with E-state index < -0.39 is 0 Å². The van der Waals surface area contributed by atoms with Crippen LogP contribution in [0.1, 0.15) is 15.9 Å². The Kier molecular flexibility index (Phi) is 4.50. The van der Waals surface area contributed by atoms with Crippen LogP contribution in [0.2, 0.25) is 0 Å². The molecule has 1 N–H and O–H groups in total. The van der Waals surface area contributed by atoms with Crippen molar-refractivity contribution in [3.05, 3.63) is 114 Å². The Bertz CT molecular complexity index is 1070. The number of hydrogen-bond acceptors (Lipinski definition) is 2. The first-order valence-electron chi connectivity index (χ1n) is 8.73. The first-order chi connectivity index (χ1) is 13.2. The Balaban J connectivity index is 1.86. The third-order valence-electron chi connectivity index (χ3n) is 4.44. The number of aromatic hydroxyl groups is 1. The predicted octanol–water partition coefficient (Wildman–Crippen LogP) is 4.57. The fourth-order valence-corrected chi connectivity index (χ4v) is 3.06. The second-order valence-electron chi connectivity index (χ2n) is 6.25. The van der Waals surface area contributed by atoms with Crippen LogP contribution in [0.25, 0.3) is 16.9 Å². The van der Waals surface area contributed by atoms with Gasteiger partial charge in [-0.1, -0.05) is 48.5 Å². The van der Waals surface area contributed by atoms with Crippen molar-refractivity contribution >= 4 is 5.78 Å². The zero-order valence-corrected chi connectivity index (χ0v) is 14.6. The number of carbonyl (C=O) groups excluding carboxylic acids is 1. The molecule has 0 aliphatic rings. The third kappa shape index (κ3) is 3.48. The van der Waals surface area contributed by atoms with E-state index >= 15 is 0 Å². The maximum Gasteiger partial charge on any atom is 0.218 e. The molecule has 0 bridgehead atoms. The largest absolute Gasteiger partial charge is 0.508 e. The highest BCUT2D eigenvalue weighted by Crippen LogP contribution is 2.19. The van der Waals surface area contributed by atoms with Gasteiger partial charge in [-0.25, -0.2) is 0 Å². The summed E-state index contributed by atoms with van der Waals surface area (Å²) in [6.45, 7) is 0. The summed E-state index contributed by atoms with van der Waals surface area (Å²) in [6, 6.07) is 30.0. The molecule has 1 aromatic heterocycles. The summed E-state index contributed by atoms with van der Waals surface area (Å²) in [6.07, 6.45) is 1.85. The van der Waals surface area contributed by atoms with Gasteiger partial charge >= 0.3 is 0 Å². The molecule has 0 radical (unpaired) electrons. The minimum atomic E-state index is -0.0252. The van der Waals surface area contributed by atoms with Crippen LogP contribution in [0.15, 0.2) is 103 Å². The van der Waals surface area contributed by atoms with Crippen LogP contribution in [0.4, 0.5) is 0 Å². The first kappa shape index (κ1) is 16.7.